The number of rotatable bonds is 5. The average Bonchev–Trinajstić information content (AvgIpc) is 2.99. The smallest absolute Gasteiger partial charge is 0.0534 e. The van der Waals surface area contributed by atoms with Gasteiger partial charge in [0.25, 0.3) is 0 Å². The molecule has 1 aromatic heterocycles. The number of benzene rings is 1. The van der Waals surface area contributed by atoms with Crippen LogP contribution in [0.25, 0.3) is 0 Å². The van der Waals surface area contributed by atoms with Crippen LogP contribution in [0.2, 0.25) is 5.02 Å². The molecule has 1 aromatic carbocycles. The predicted molar refractivity (Wildman–Crippen MR) is 89.9 cm³/mol. The number of piperazine rings is 1. The van der Waals surface area contributed by atoms with Gasteiger partial charge in [-0.25, -0.2) is 0 Å². The Morgan fingerprint density at radius 1 is 0.955 bits per heavy atom. The van der Waals surface area contributed by atoms with E-state index >= 15 is 0 Å². The van der Waals surface area contributed by atoms with Crippen LogP contribution in [0.5, 0.6) is 0 Å². The minimum atomic E-state index is 0.807. The molecule has 118 valence electrons. The van der Waals surface area contributed by atoms with Crippen LogP contribution in [0.1, 0.15) is 18.1 Å². The van der Waals surface area contributed by atoms with Gasteiger partial charge in [-0.05, 0) is 24.6 Å². The lowest BCUT2D eigenvalue weighted by atomic mass is 10.2. The largest absolute Gasteiger partial charge is 0.297 e. The lowest BCUT2D eigenvalue weighted by Gasteiger charge is -2.34. The van der Waals surface area contributed by atoms with Crippen molar-refractivity contribution in [2.75, 3.05) is 26.2 Å². The number of aryl methyl sites for hydroxylation is 1. The zero-order valence-electron chi connectivity index (χ0n) is 13.1. The molecule has 0 atom stereocenters. The summed E-state index contributed by atoms with van der Waals surface area (Å²) in [5.41, 5.74) is 2.65. The van der Waals surface area contributed by atoms with E-state index < -0.39 is 0 Å². The third-order valence-electron chi connectivity index (χ3n) is 4.20. The summed E-state index contributed by atoms with van der Waals surface area (Å²) in [6.45, 7) is 9.54. The SMILES string of the molecule is CCn1cc(CN2CCN(Cc3ccc(Cl)cc3)CC2)cn1. The van der Waals surface area contributed by atoms with E-state index in [1.54, 1.807) is 0 Å². The summed E-state index contributed by atoms with van der Waals surface area (Å²) >= 11 is 5.94. The molecule has 1 fully saturated rings. The van der Waals surface area contributed by atoms with Crippen LogP contribution < -0.4 is 0 Å². The highest BCUT2D eigenvalue weighted by Crippen LogP contribution is 2.14. The highest BCUT2D eigenvalue weighted by Gasteiger charge is 2.17. The first-order valence-electron chi connectivity index (χ1n) is 7.93. The normalized spacial score (nSPS) is 17.0. The lowest BCUT2D eigenvalue weighted by Crippen LogP contribution is -2.45. The molecular weight excluding hydrogens is 296 g/mol. The monoisotopic (exact) mass is 318 g/mol. The average molecular weight is 319 g/mol. The summed E-state index contributed by atoms with van der Waals surface area (Å²) in [7, 11) is 0. The van der Waals surface area contributed by atoms with Crippen molar-refractivity contribution < 1.29 is 0 Å². The zero-order valence-corrected chi connectivity index (χ0v) is 13.8. The molecule has 1 aliphatic heterocycles. The van der Waals surface area contributed by atoms with Crippen molar-refractivity contribution >= 4 is 11.6 Å². The minimum absolute atomic E-state index is 0.807. The van der Waals surface area contributed by atoms with E-state index in [4.69, 9.17) is 11.6 Å². The molecule has 1 aliphatic rings. The van der Waals surface area contributed by atoms with Crippen molar-refractivity contribution in [2.24, 2.45) is 0 Å². The fourth-order valence-electron chi connectivity index (χ4n) is 2.87. The molecule has 0 aliphatic carbocycles. The van der Waals surface area contributed by atoms with Crippen molar-refractivity contribution in [1.29, 1.82) is 0 Å². The van der Waals surface area contributed by atoms with Crippen LogP contribution in [-0.4, -0.2) is 45.8 Å². The van der Waals surface area contributed by atoms with E-state index in [0.717, 1.165) is 50.8 Å². The number of hydrogen-bond donors (Lipinski definition) is 0. The van der Waals surface area contributed by atoms with E-state index in [9.17, 15) is 0 Å². The van der Waals surface area contributed by atoms with Gasteiger partial charge in [-0.15, -0.1) is 0 Å². The number of aromatic nitrogens is 2. The van der Waals surface area contributed by atoms with Gasteiger partial charge in [-0.3, -0.25) is 14.5 Å². The van der Waals surface area contributed by atoms with Gasteiger partial charge in [-0.2, -0.15) is 5.10 Å². The molecule has 2 aromatic rings. The predicted octanol–water partition coefficient (Wildman–Crippen LogP) is 2.87. The Labute approximate surface area is 137 Å². The summed E-state index contributed by atoms with van der Waals surface area (Å²) in [4.78, 5) is 5.02. The third-order valence-corrected chi connectivity index (χ3v) is 4.45. The molecule has 0 radical (unpaired) electrons. The van der Waals surface area contributed by atoms with Crippen LogP contribution in [0.4, 0.5) is 0 Å². The van der Waals surface area contributed by atoms with Crippen LogP contribution in [0, 0.1) is 0 Å². The van der Waals surface area contributed by atoms with Gasteiger partial charge in [0.1, 0.15) is 0 Å². The minimum Gasteiger partial charge on any atom is -0.297 e. The molecular formula is C17H23ClN4. The lowest BCUT2D eigenvalue weighted by molar-refractivity contribution is 0.122. The molecule has 0 bridgehead atoms. The second kappa shape index (κ2) is 7.27. The highest BCUT2D eigenvalue weighted by atomic mass is 35.5. The van der Waals surface area contributed by atoms with E-state index in [0.29, 0.717) is 0 Å². The van der Waals surface area contributed by atoms with Crippen molar-refractivity contribution in [2.45, 2.75) is 26.6 Å². The maximum atomic E-state index is 5.94. The van der Waals surface area contributed by atoms with Gasteiger partial charge in [0.15, 0.2) is 0 Å². The summed E-state index contributed by atoms with van der Waals surface area (Å²) in [5.74, 6) is 0. The molecule has 0 N–H and O–H groups in total. The summed E-state index contributed by atoms with van der Waals surface area (Å²) in [5, 5.41) is 5.15. The van der Waals surface area contributed by atoms with Crippen molar-refractivity contribution in [3.05, 3.63) is 52.8 Å². The second-order valence-corrected chi connectivity index (χ2v) is 6.32. The molecule has 5 heteroatoms. The quantitative estimate of drug-likeness (QED) is 0.847. The Morgan fingerprint density at radius 2 is 1.55 bits per heavy atom. The summed E-state index contributed by atoms with van der Waals surface area (Å²) in [6, 6.07) is 8.18. The first-order valence-corrected chi connectivity index (χ1v) is 8.31. The molecule has 22 heavy (non-hydrogen) atoms. The topological polar surface area (TPSA) is 24.3 Å². The first-order chi connectivity index (χ1) is 10.7. The molecule has 4 nitrogen and oxygen atoms in total. The van der Waals surface area contributed by atoms with Crippen LogP contribution in [0.3, 0.4) is 0 Å². The van der Waals surface area contributed by atoms with Gasteiger partial charge in [0, 0.05) is 62.6 Å². The van der Waals surface area contributed by atoms with Crippen molar-refractivity contribution in [3.63, 3.8) is 0 Å². The van der Waals surface area contributed by atoms with E-state index in [1.165, 1.54) is 11.1 Å². The third kappa shape index (κ3) is 4.09. The highest BCUT2D eigenvalue weighted by molar-refractivity contribution is 6.30. The Kier molecular flexibility index (Phi) is 5.13. The summed E-state index contributed by atoms with van der Waals surface area (Å²) < 4.78 is 1.99. The van der Waals surface area contributed by atoms with Gasteiger partial charge in [0.05, 0.1) is 6.20 Å². The Hall–Kier alpha value is -1.36. The van der Waals surface area contributed by atoms with E-state index in [-0.39, 0.29) is 0 Å². The molecule has 0 spiro atoms. The van der Waals surface area contributed by atoms with Crippen molar-refractivity contribution in [1.82, 2.24) is 19.6 Å². The van der Waals surface area contributed by atoms with Gasteiger partial charge in [-0.1, -0.05) is 23.7 Å². The van der Waals surface area contributed by atoms with Crippen molar-refractivity contribution in [3.8, 4) is 0 Å². The first kappa shape index (κ1) is 15.5. The molecule has 2 heterocycles. The standard InChI is InChI=1S/C17H23ClN4/c1-2-22-14-16(11-19-22)13-21-9-7-20(8-10-21)12-15-3-5-17(18)6-4-15/h3-6,11,14H,2,7-10,12-13H2,1H3. The van der Waals surface area contributed by atoms with Crippen LogP contribution in [0.15, 0.2) is 36.7 Å². The van der Waals surface area contributed by atoms with Crippen LogP contribution in [-0.2, 0) is 19.6 Å². The van der Waals surface area contributed by atoms with E-state index in [1.807, 2.05) is 23.0 Å². The van der Waals surface area contributed by atoms with Gasteiger partial charge in [0.2, 0.25) is 0 Å². The summed E-state index contributed by atoms with van der Waals surface area (Å²) in [6.07, 6.45) is 4.14. The van der Waals surface area contributed by atoms with Gasteiger partial charge >= 0.3 is 0 Å². The number of nitrogens with zero attached hydrogens (tertiary/aromatic N) is 4. The molecule has 0 saturated carbocycles. The Balaban J connectivity index is 1.46. The number of halogens is 1. The molecule has 0 unspecified atom stereocenters. The fourth-order valence-corrected chi connectivity index (χ4v) is 3.00. The van der Waals surface area contributed by atoms with Crippen LogP contribution >= 0.6 is 11.6 Å². The second-order valence-electron chi connectivity index (χ2n) is 5.88. The molecule has 0 amide bonds. The fraction of sp³-hybridized carbons (Fsp3) is 0.471. The van der Waals surface area contributed by atoms with Gasteiger partial charge < -0.3 is 0 Å². The maximum Gasteiger partial charge on any atom is 0.0534 e. The Bertz CT molecular complexity index is 585. The number of hydrogen-bond acceptors (Lipinski definition) is 3. The zero-order chi connectivity index (χ0) is 15.4. The molecule has 3 rings (SSSR count). The molecule has 1 saturated heterocycles. The van der Waals surface area contributed by atoms with E-state index in [2.05, 4.69) is 40.2 Å². The Morgan fingerprint density at radius 3 is 2.09 bits per heavy atom. The maximum absolute atomic E-state index is 5.94.